The summed E-state index contributed by atoms with van der Waals surface area (Å²) >= 11 is 0. The molecule has 0 fully saturated rings. The first-order valence-corrected chi connectivity index (χ1v) is 18.7. The molecule has 5 nitrogen and oxygen atoms in total. The molecule has 0 spiro atoms. The number of fused-ring (bicyclic) bond motifs is 8. The SMILES string of the molecule is CC1(C)c2ccccc2-c2c1c1ccccc1n2-c1ccc(-c2ccc3oc4cccc(-c5nc(-c6ccccc6)nc(-c6ccccc6)n5)c4c3c2)cc1. The highest BCUT2D eigenvalue weighted by molar-refractivity contribution is 6.13. The maximum atomic E-state index is 6.46. The molecular formula is C50H34N4O. The smallest absolute Gasteiger partial charge is 0.164 e. The van der Waals surface area contributed by atoms with Crippen molar-refractivity contribution in [2.45, 2.75) is 19.3 Å². The maximum absolute atomic E-state index is 6.46. The summed E-state index contributed by atoms with van der Waals surface area (Å²) in [5.41, 5.74) is 14.3. The average Bonchev–Trinajstić information content (AvgIpc) is 3.87. The summed E-state index contributed by atoms with van der Waals surface area (Å²) in [5.74, 6) is 1.86. The molecule has 0 saturated carbocycles. The van der Waals surface area contributed by atoms with E-state index in [4.69, 9.17) is 19.4 Å². The first kappa shape index (κ1) is 31.4. The van der Waals surface area contributed by atoms with Gasteiger partial charge in [0.05, 0.1) is 11.2 Å². The van der Waals surface area contributed by atoms with Crippen molar-refractivity contribution in [1.82, 2.24) is 19.5 Å². The van der Waals surface area contributed by atoms with Crippen LogP contribution >= 0.6 is 0 Å². The fraction of sp³-hybridized carbons (Fsp3) is 0.0600. The number of aromatic nitrogens is 4. The van der Waals surface area contributed by atoms with Crippen molar-refractivity contribution in [2.24, 2.45) is 0 Å². The van der Waals surface area contributed by atoms with E-state index in [9.17, 15) is 0 Å². The van der Waals surface area contributed by atoms with E-state index in [1.807, 2.05) is 72.8 Å². The quantitative estimate of drug-likeness (QED) is 0.179. The van der Waals surface area contributed by atoms with Crippen LogP contribution in [0.2, 0.25) is 0 Å². The molecule has 1 aliphatic carbocycles. The first-order valence-electron chi connectivity index (χ1n) is 18.7. The summed E-state index contributed by atoms with van der Waals surface area (Å²) in [4.78, 5) is 15.0. The standard InChI is InChI=1S/C50H34N4O/c1-50(2)40-21-11-9-18-36(40)46-45(50)37-19-10-12-22-41(37)54(46)35-27-24-31(25-28-35)34-26-29-42-39(30-34)44-38(20-13-23-43(44)55-42)49-52-47(32-14-5-3-6-15-32)51-48(53-49)33-16-7-4-8-17-33/h3-30H,1-2H3. The lowest BCUT2D eigenvalue weighted by Crippen LogP contribution is -2.14. The monoisotopic (exact) mass is 706 g/mol. The molecule has 7 aromatic carbocycles. The molecule has 1 aliphatic rings. The maximum Gasteiger partial charge on any atom is 0.164 e. The van der Waals surface area contributed by atoms with Crippen molar-refractivity contribution < 1.29 is 4.42 Å². The average molecular weight is 707 g/mol. The predicted octanol–water partition coefficient (Wildman–Crippen LogP) is 12.7. The minimum atomic E-state index is -0.0914. The number of hydrogen-bond acceptors (Lipinski definition) is 4. The Kier molecular flexibility index (Phi) is 6.83. The van der Waals surface area contributed by atoms with Gasteiger partial charge in [-0.15, -0.1) is 0 Å². The molecular weight excluding hydrogens is 673 g/mol. The molecule has 260 valence electrons. The first-order chi connectivity index (χ1) is 27.0. The lowest BCUT2D eigenvalue weighted by Gasteiger charge is -2.21. The second-order valence-corrected chi connectivity index (χ2v) is 14.8. The number of nitrogens with zero attached hydrogens (tertiary/aromatic N) is 4. The van der Waals surface area contributed by atoms with Crippen LogP contribution in [0.25, 0.3) is 95.1 Å². The Morgan fingerprint density at radius 1 is 0.473 bits per heavy atom. The van der Waals surface area contributed by atoms with Gasteiger partial charge in [-0.25, -0.2) is 15.0 Å². The van der Waals surface area contributed by atoms with Gasteiger partial charge in [0.15, 0.2) is 17.5 Å². The highest BCUT2D eigenvalue weighted by atomic mass is 16.3. The molecule has 10 aromatic rings. The van der Waals surface area contributed by atoms with E-state index in [1.54, 1.807) is 0 Å². The molecule has 0 amide bonds. The summed E-state index contributed by atoms with van der Waals surface area (Å²) in [6.45, 7) is 4.70. The van der Waals surface area contributed by atoms with Crippen LogP contribution in [0.1, 0.15) is 25.0 Å². The molecule has 0 bridgehead atoms. The van der Waals surface area contributed by atoms with E-state index in [2.05, 4.69) is 115 Å². The number of rotatable bonds is 5. The molecule has 5 heteroatoms. The van der Waals surface area contributed by atoms with Crippen molar-refractivity contribution in [3.05, 3.63) is 181 Å². The van der Waals surface area contributed by atoms with Crippen molar-refractivity contribution in [3.63, 3.8) is 0 Å². The van der Waals surface area contributed by atoms with Crippen molar-refractivity contribution in [3.8, 4) is 62.2 Å². The van der Waals surface area contributed by atoms with Crippen LogP contribution in [0.3, 0.4) is 0 Å². The molecule has 0 aliphatic heterocycles. The number of para-hydroxylation sites is 1. The van der Waals surface area contributed by atoms with E-state index in [0.717, 1.165) is 55.4 Å². The lowest BCUT2D eigenvalue weighted by molar-refractivity contribution is 0.666. The minimum absolute atomic E-state index is 0.0914. The number of benzene rings is 7. The van der Waals surface area contributed by atoms with E-state index < -0.39 is 0 Å². The van der Waals surface area contributed by atoms with E-state index in [1.165, 1.54) is 33.3 Å². The van der Waals surface area contributed by atoms with Gasteiger partial charge >= 0.3 is 0 Å². The predicted molar refractivity (Wildman–Crippen MR) is 223 cm³/mol. The van der Waals surface area contributed by atoms with Crippen molar-refractivity contribution in [1.29, 1.82) is 0 Å². The van der Waals surface area contributed by atoms with E-state index in [-0.39, 0.29) is 5.41 Å². The number of furan rings is 1. The molecule has 3 aromatic heterocycles. The Morgan fingerprint density at radius 2 is 1.09 bits per heavy atom. The summed E-state index contributed by atoms with van der Waals surface area (Å²) in [6.07, 6.45) is 0. The zero-order valence-corrected chi connectivity index (χ0v) is 30.4. The Morgan fingerprint density at radius 3 is 1.84 bits per heavy atom. The van der Waals surface area contributed by atoms with Gasteiger partial charge in [-0.05, 0) is 58.7 Å². The van der Waals surface area contributed by atoms with Gasteiger partial charge in [0.1, 0.15) is 11.2 Å². The van der Waals surface area contributed by atoms with E-state index >= 15 is 0 Å². The number of hydrogen-bond donors (Lipinski definition) is 0. The van der Waals surface area contributed by atoms with Crippen LogP contribution in [0.15, 0.2) is 174 Å². The van der Waals surface area contributed by atoms with Gasteiger partial charge < -0.3 is 8.98 Å². The third-order valence-corrected chi connectivity index (χ3v) is 11.2. The van der Waals surface area contributed by atoms with Crippen LogP contribution in [-0.4, -0.2) is 19.5 Å². The summed E-state index contributed by atoms with van der Waals surface area (Å²) < 4.78 is 8.91. The molecule has 3 heterocycles. The largest absolute Gasteiger partial charge is 0.456 e. The normalized spacial score (nSPS) is 13.1. The van der Waals surface area contributed by atoms with Gasteiger partial charge in [0, 0.05) is 49.5 Å². The highest BCUT2D eigenvalue weighted by Gasteiger charge is 2.40. The second-order valence-electron chi connectivity index (χ2n) is 14.8. The van der Waals surface area contributed by atoms with Crippen molar-refractivity contribution in [2.75, 3.05) is 0 Å². The van der Waals surface area contributed by atoms with Gasteiger partial charge in [0.2, 0.25) is 0 Å². The zero-order valence-electron chi connectivity index (χ0n) is 30.4. The van der Waals surface area contributed by atoms with Crippen LogP contribution in [0, 0.1) is 0 Å². The zero-order chi connectivity index (χ0) is 36.7. The molecule has 0 N–H and O–H groups in total. The highest BCUT2D eigenvalue weighted by Crippen LogP contribution is 2.53. The fourth-order valence-corrected chi connectivity index (χ4v) is 8.69. The molecule has 0 atom stereocenters. The van der Waals surface area contributed by atoms with Gasteiger partial charge in [-0.2, -0.15) is 0 Å². The minimum Gasteiger partial charge on any atom is -0.456 e. The van der Waals surface area contributed by atoms with Crippen LogP contribution < -0.4 is 0 Å². The van der Waals surface area contributed by atoms with Crippen LogP contribution in [0.5, 0.6) is 0 Å². The van der Waals surface area contributed by atoms with Gasteiger partial charge in [-0.1, -0.05) is 147 Å². The Hall–Kier alpha value is -7.11. The molecule has 11 rings (SSSR count). The van der Waals surface area contributed by atoms with Crippen LogP contribution in [-0.2, 0) is 5.41 Å². The summed E-state index contributed by atoms with van der Waals surface area (Å²) in [7, 11) is 0. The molecule has 0 saturated heterocycles. The van der Waals surface area contributed by atoms with Gasteiger partial charge in [-0.3, -0.25) is 0 Å². The Labute approximate surface area is 318 Å². The summed E-state index contributed by atoms with van der Waals surface area (Å²) in [6, 6.07) is 59.4. The third kappa shape index (κ3) is 4.83. The summed E-state index contributed by atoms with van der Waals surface area (Å²) in [5, 5.41) is 3.31. The topological polar surface area (TPSA) is 56.7 Å². The molecule has 0 radical (unpaired) electrons. The van der Waals surface area contributed by atoms with E-state index in [0.29, 0.717) is 17.5 Å². The molecule has 0 unspecified atom stereocenters. The Balaban J connectivity index is 1.04. The second kappa shape index (κ2) is 12.0. The van der Waals surface area contributed by atoms with Gasteiger partial charge in [0.25, 0.3) is 0 Å². The Bertz CT molecular complexity index is 3040. The lowest BCUT2D eigenvalue weighted by atomic mass is 9.81. The van der Waals surface area contributed by atoms with Crippen LogP contribution in [0.4, 0.5) is 0 Å². The van der Waals surface area contributed by atoms with Crippen molar-refractivity contribution >= 4 is 32.8 Å². The fourth-order valence-electron chi connectivity index (χ4n) is 8.69. The third-order valence-electron chi connectivity index (χ3n) is 11.2. The molecule has 55 heavy (non-hydrogen) atoms.